The second kappa shape index (κ2) is 8.30. The average molecular weight is 462 g/mol. The van der Waals surface area contributed by atoms with E-state index in [0.29, 0.717) is 29.1 Å². The highest BCUT2D eigenvalue weighted by atomic mass is 19.1. The molecule has 0 aliphatic carbocycles. The number of nitrogens with one attached hydrogen (secondary N) is 2. The molecule has 4 heterocycles. The molecule has 0 bridgehead atoms. The van der Waals surface area contributed by atoms with Crippen molar-refractivity contribution in [3.63, 3.8) is 0 Å². The number of aromatic amines is 1. The summed E-state index contributed by atoms with van der Waals surface area (Å²) in [5.41, 5.74) is 5.48. The van der Waals surface area contributed by atoms with Gasteiger partial charge in [-0.3, -0.25) is 20.0 Å². The standard InChI is InChI=1S/C24H24FN7O2/c1-2-32-23(26-13-27-32)20-21-19-17(24(33)29-28-21)10-16(25)11-18(19)30-34-22(20)15-6-4-14(5-7-15)12-31-8-3-9-31/h4-7,10-11,13,20,22,30H,2-3,8-9,12H2,1H3,(H,29,33). The molecule has 2 aliphatic rings. The van der Waals surface area contributed by atoms with Crippen LogP contribution in [0.1, 0.15) is 48.0 Å². The lowest BCUT2D eigenvalue weighted by atomic mass is 9.89. The molecule has 0 radical (unpaired) electrons. The summed E-state index contributed by atoms with van der Waals surface area (Å²) < 4.78 is 16.1. The molecule has 4 aromatic rings. The Balaban J connectivity index is 1.50. The third kappa shape index (κ3) is 3.46. The number of aryl methyl sites for hydroxylation is 1. The minimum Gasteiger partial charge on any atom is -0.299 e. The second-order valence-electron chi connectivity index (χ2n) is 8.74. The summed E-state index contributed by atoms with van der Waals surface area (Å²) in [6.45, 7) is 5.77. The van der Waals surface area contributed by atoms with Crippen LogP contribution in [0.3, 0.4) is 0 Å². The third-order valence-corrected chi connectivity index (χ3v) is 6.66. The molecule has 1 fully saturated rings. The Bertz CT molecular complexity index is 1410. The highest BCUT2D eigenvalue weighted by molar-refractivity contribution is 5.95. The summed E-state index contributed by atoms with van der Waals surface area (Å²) in [6, 6.07) is 10.8. The Labute approximate surface area is 194 Å². The number of rotatable bonds is 5. The molecule has 174 valence electrons. The first kappa shape index (κ1) is 20.9. The Morgan fingerprint density at radius 3 is 2.76 bits per heavy atom. The Morgan fingerprint density at radius 1 is 1.21 bits per heavy atom. The van der Waals surface area contributed by atoms with Crippen molar-refractivity contribution in [1.82, 2.24) is 29.9 Å². The van der Waals surface area contributed by atoms with Crippen LogP contribution < -0.4 is 11.0 Å². The zero-order valence-corrected chi connectivity index (χ0v) is 18.7. The SMILES string of the molecule is CCn1ncnc1C1c2n[nH]c(=O)c3cc(F)cc(c23)NOC1c1ccc(CN2CCC2)cc1. The van der Waals surface area contributed by atoms with Crippen molar-refractivity contribution in [2.45, 2.75) is 38.5 Å². The summed E-state index contributed by atoms with van der Waals surface area (Å²) in [4.78, 5) is 25.6. The Hall–Kier alpha value is -3.63. The van der Waals surface area contributed by atoms with Gasteiger partial charge < -0.3 is 0 Å². The number of benzene rings is 2. The van der Waals surface area contributed by atoms with Crippen molar-refractivity contribution in [1.29, 1.82) is 0 Å². The van der Waals surface area contributed by atoms with Crippen LogP contribution in [0.5, 0.6) is 0 Å². The van der Waals surface area contributed by atoms with Crippen molar-refractivity contribution in [2.75, 3.05) is 18.6 Å². The molecule has 2 unspecified atom stereocenters. The van der Waals surface area contributed by atoms with Gasteiger partial charge in [0.05, 0.1) is 22.7 Å². The Morgan fingerprint density at radius 2 is 2.03 bits per heavy atom. The van der Waals surface area contributed by atoms with Gasteiger partial charge in [-0.25, -0.2) is 19.2 Å². The quantitative estimate of drug-likeness (QED) is 0.471. The average Bonchev–Trinajstić information content (AvgIpc) is 3.22. The van der Waals surface area contributed by atoms with Crippen LogP contribution in [0, 0.1) is 5.82 Å². The van der Waals surface area contributed by atoms with Gasteiger partial charge in [0.1, 0.15) is 24.1 Å². The van der Waals surface area contributed by atoms with E-state index in [0.717, 1.165) is 25.2 Å². The maximum Gasteiger partial charge on any atom is 0.272 e. The van der Waals surface area contributed by atoms with Gasteiger partial charge in [0.15, 0.2) is 0 Å². The van der Waals surface area contributed by atoms with Crippen LogP contribution in [0.4, 0.5) is 10.1 Å². The fraction of sp³-hybridized carbons (Fsp3) is 0.333. The van der Waals surface area contributed by atoms with E-state index in [1.165, 1.54) is 30.4 Å². The molecule has 0 spiro atoms. The normalized spacial score (nSPS) is 20.1. The van der Waals surface area contributed by atoms with Gasteiger partial charge in [-0.15, -0.1) is 0 Å². The summed E-state index contributed by atoms with van der Waals surface area (Å²) in [5, 5.41) is 12.0. The van der Waals surface area contributed by atoms with Crippen molar-refractivity contribution in [2.24, 2.45) is 0 Å². The number of nitrogens with zero attached hydrogens (tertiary/aromatic N) is 5. The largest absolute Gasteiger partial charge is 0.299 e. The van der Waals surface area contributed by atoms with E-state index in [-0.39, 0.29) is 5.39 Å². The smallest absolute Gasteiger partial charge is 0.272 e. The van der Waals surface area contributed by atoms with Gasteiger partial charge in [0.2, 0.25) is 0 Å². The van der Waals surface area contributed by atoms with Crippen molar-refractivity contribution in [3.05, 3.63) is 81.5 Å². The molecule has 34 heavy (non-hydrogen) atoms. The predicted octanol–water partition coefficient (Wildman–Crippen LogP) is 3.11. The lowest BCUT2D eigenvalue weighted by molar-refractivity contribution is 0.0845. The van der Waals surface area contributed by atoms with Crippen molar-refractivity contribution >= 4 is 16.5 Å². The van der Waals surface area contributed by atoms with E-state index in [2.05, 4.69) is 42.8 Å². The number of halogens is 1. The lowest BCUT2D eigenvalue weighted by Gasteiger charge is -2.30. The van der Waals surface area contributed by atoms with Gasteiger partial charge in [-0.2, -0.15) is 10.2 Å². The monoisotopic (exact) mass is 461 g/mol. The molecule has 10 heteroatoms. The molecule has 6 rings (SSSR count). The van der Waals surface area contributed by atoms with E-state index < -0.39 is 23.4 Å². The molecule has 2 aliphatic heterocycles. The molecular formula is C24H24FN7O2. The molecule has 9 nitrogen and oxygen atoms in total. The number of aromatic nitrogens is 5. The number of anilines is 1. The topological polar surface area (TPSA) is 101 Å². The first-order chi connectivity index (χ1) is 16.6. The number of hydrogen-bond acceptors (Lipinski definition) is 7. The van der Waals surface area contributed by atoms with Crippen LogP contribution in [0.2, 0.25) is 0 Å². The highest BCUT2D eigenvalue weighted by Crippen LogP contribution is 2.44. The van der Waals surface area contributed by atoms with Crippen LogP contribution in [-0.4, -0.2) is 43.0 Å². The number of H-pyrrole nitrogens is 1. The first-order valence-electron chi connectivity index (χ1n) is 11.4. The molecule has 0 amide bonds. The van der Waals surface area contributed by atoms with Gasteiger partial charge in [0, 0.05) is 18.5 Å². The predicted molar refractivity (Wildman–Crippen MR) is 124 cm³/mol. The molecule has 0 saturated carbocycles. The molecule has 2 aromatic heterocycles. The lowest BCUT2D eigenvalue weighted by Crippen LogP contribution is -2.36. The number of likely N-dealkylation sites (tertiary alicyclic amines) is 1. The third-order valence-electron chi connectivity index (χ3n) is 6.66. The summed E-state index contributed by atoms with van der Waals surface area (Å²) in [5.74, 6) is -0.387. The summed E-state index contributed by atoms with van der Waals surface area (Å²) >= 11 is 0. The molecule has 1 saturated heterocycles. The van der Waals surface area contributed by atoms with Crippen molar-refractivity contribution in [3.8, 4) is 0 Å². The van der Waals surface area contributed by atoms with Crippen molar-refractivity contribution < 1.29 is 9.23 Å². The number of hydrogen-bond donors (Lipinski definition) is 2. The van der Waals surface area contributed by atoms with Gasteiger partial charge >= 0.3 is 0 Å². The van der Waals surface area contributed by atoms with Crippen LogP contribution >= 0.6 is 0 Å². The zero-order chi connectivity index (χ0) is 23.2. The van der Waals surface area contributed by atoms with Crippen LogP contribution in [0.25, 0.3) is 10.8 Å². The molecule has 2 aromatic carbocycles. The zero-order valence-electron chi connectivity index (χ0n) is 18.7. The summed E-state index contributed by atoms with van der Waals surface area (Å²) in [7, 11) is 0. The minimum atomic E-state index is -0.551. The highest BCUT2D eigenvalue weighted by Gasteiger charge is 2.37. The first-order valence-corrected chi connectivity index (χ1v) is 11.4. The maximum atomic E-state index is 14.3. The van der Waals surface area contributed by atoms with E-state index in [9.17, 15) is 9.18 Å². The van der Waals surface area contributed by atoms with Gasteiger partial charge in [-0.1, -0.05) is 24.3 Å². The van der Waals surface area contributed by atoms with E-state index in [1.807, 2.05) is 19.1 Å². The Kier molecular flexibility index (Phi) is 5.11. The van der Waals surface area contributed by atoms with E-state index >= 15 is 0 Å². The van der Waals surface area contributed by atoms with Crippen LogP contribution in [0.15, 0.2) is 47.5 Å². The fourth-order valence-corrected chi connectivity index (χ4v) is 4.82. The summed E-state index contributed by atoms with van der Waals surface area (Å²) in [6.07, 6.45) is 2.20. The van der Waals surface area contributed by atoms with E-state index in [1.54, 1.807) is 4.68 Å². The van der Waals surface area contributed by atoms with Crippen LogP contribution in [-0.2, 0) is 17.9 Å². The second-order valence-corrected chi connectivity index (χ2v) is 8.74. The molecule has 2 N–H and O–H groups in total. The van der Waals surface area contributed by atoms with Gasteiger partial charge in [0.25, 0.3) is 5.56 Å². The minimum absolute atomic E-state index is 0.203. The van der Waals surface area contributed by atoms with E-state index in [4.69, 9.17) is 4.84 Å². The van der Waals surface area contributed by atoms with Gasteiger partial charge in [-0.05, 0) is 49.7 Å². The molecule has 2 atom stereocenters. The fourth-order valence-electron chi connectivity index (χ4n) is 4.82. The molecular weight excluding hydrogens is 437 g/mol. The maximum absolute atomic E-state index is 14.3.